The summed E-state index contributed by atoms with van der Waals surface area (Å²) in [7, 11) is 0. The van der Waals surface area contributed by atoms with E-state index >= 15 is 0 Å². The fourth-order valence-corrected chi connectivity index (χ4v) is 4.85. The molecule has 5 aromatic carbocycles. The molecule has 6 aromatic rings. The Bertz CT molecular complexity index is 1810. The van der Waals surface area contributed by atoms with Gasteiger partial charge < -0.3 is 4.57 Å². The third-order valence-electron chi connectivity index (χ3n) is 6.76. The summed E-state index contributed by atoms with van der Waals surface area (Å²) in [4.78, 5) is 10.00. The van der Waals surface area contributed by atoms with Crippen LogP contribution in [0.25, 0.3) is 33.2 Å². The first-order valence-electron chi connectivity index (χ1n) is 12.7. The lowest BCUT2D eigenvalue weighted by atomic mass is 10.1. The van der Waals surface area contributed by atoms with E-state index in [1.54, 1.807) is 0 Å². The SMILES string of the molecule is C=C(N=C(N=C(C)c1ccccc1)c1ccc2c(c1)c1ccccc1n2-c1ccccc1)c1ccccc1. The number of hydrogen-bond donors (Lipinski definition) is 0. The van der Waals surface area contributed by atoms with Crippen molar-refractivity contribution < 1.29 is 0 Å². The van der Waals surface area contributed by atoms with Crippen LogP contribution in [-0.2, 0) is 0 Å². The average Bonchev–Trinajstić information content (AvgIpc) is 3.32. The van der Waals surface area contributed by atoms with Crippen molar-refractivity contribution in [2.75, 3.05) is 0 Å². The van der Waals surface area contributed by atoms with Gasteiger partial charge in [0.2, 0.25) is 0 Å². The van der Waals surface area contributed by atoms with Gasteiger partial charge in [0.05, 0.1) is 16.7 Å². The molecule has 0 aliphatic carbocycles. The summed E-state index contributed by atoms with van der Waals surface area (Å²) in [6, 6.07) is 45.7. The number of aliphatic imine (C=N–C) groups is 2. The Hall–Kier alpha value is -5.02. The standard InChI is InChI=1S/C35H27N3/c1-25(27-14-6-3-7-15-27)36-35(37-26(2)28-16-8-4-9-17-28)29-22-23-34-32(24-29)31-20-12-13-21-33(31)38(34)30-18-10-5-11-19-30/h3-24H,1H2,2H3. The molecule has 0 radical (unpaired) electrons. The summed E-state index contributed by atoms with van der Waals surface area (Å²) < 4.78 is 2.31. The number of para-hydroxylation sites is 2. The van der Waals surface area contributed by atoms with Crippen LogP contribution in [0.3, 0.4) is 0 Å². The van der Waals surface area contributed by atoms with Gasteiger partial charge in [0, 0.05) is 27.7 Å². The smallest absolute Gasteiger partial charge is 0.160 e. The molecule has 0 amide bonds. The lowest BCUT2D eigenvalue weighted by Crippen LogP contribution is -2.04. The number of nitrogens with zero attached hydrogens (tertiary/aromatic N) is 3. The van der Waals surface area contributed by atoms with Crippen molar-refractivity contribution in [2.45, 2.75) is 6.92 Å². The van der Waals surface area contributed by atoms with Crippen LogP contribution < -0.4 is 0 Å². The van der Waals surface area contributed by atoms with Crippen molar-refractivity contribution in [1.82, 2.24) is 4.57 Å². The Balaban J connectivity index is 1.55. The van der Waals surface area contributed by atoms with E-state index in [4.69, 9.17) is 9.98 Å². The zero-order chi connectivity index (χ0) is 25.9. The summed E-state index contributed by atoms with van der Waals surface area (Å²) in [5.74, 6) is 0.638. The van der Waals surface area contributed by atoms with E-state index in [1.807, 2.05) is 61.5 Å². The van der Waals surface area contributed by atoms with Gasteiger partial charge in [-0.05, 0) is 54.4 Å². The minimum absolute atomic E-state index is 0.638. The summed E-state index contributed by atoms with van der Waals surface area (Å²) in [6.45, 7) is 6.29. The van der Waals surface area contributed by atoms with Crippen molar-refractivity contribution in [3.8, 4) is 5.69 Å². The highest BCUT2D eigenvalue weighted by Gasteiger charge is 2.14. The third kappa shape index (κ3) is 4.46. The van der Waals surface area contributed by atoms with Crippen molar-refractivity contribution in [1.29, 1.82) is 0 Å². The number of rotatable bonds is 5. The van der Waals surface area contributed by atoms with E-state index in [0.29, 0.717) is 11.5 Å². The van der Waals surface area contributed by atoms with Gasteiger partial charge in [-0.3, -0.25) is 0 Å². The Morgan fingerprint density at radius 2 is 1.13 bits per heavy atom. The van der Waals surface area contributed by atoms with Crippen molar-refractivity contribution in [2.24, 2.45) is 9.98 Å². The van der Waals surface area contributed by atoms with Gasteiger partial charge in [0.25, 0.3) is 0 Å². The lowest BCUT2D eigenvalue weighted by Gasteiger charge is -2.09. The molecule has 0 spiro atoms. The minimum atomic E-state index is 0.638. The fraction of sp³-hybridized carbons (Fsp3) is 0.0286. The van der Waals surface area contributed by atoms with E-state index in [-0.39, 0.29) is 0 Å². The number of hydrogen-bond acceptors (Lipinski definition) is 1. The number of benzene rings is 5. The van der Waals surface area contributed by atoms with Crippen LogP contribution in [0.15, 0.2) is 150 Å². The molecule has 1 heterocycles. The van der Waals surface area contributed by atoms with Crippen LogP contribution in [0, 0.1) is 0 Å². The second-order valence-corrected chi connectivity index (χ2v) is 9.23. The topological polar surface area (TPSA) is 29.6 Å². The molecule has 0 fully saturated rings. The van der Waals surface area contributed by atoms with Gasteiger partial charge in [-0.15, -0.1) is 0 Å². The molecular weight excluding hydrogens is 462 g/mol. The molecule has 0 atom stereocenters. The first kappa shape index (κ1) is 23.4. The van der Waals surface area contributed by atoms with E-state index < -0.39 is 0 Å². The average molecular weight is 490 g/mol. The molecule has 0 saturated heterocycles. The minimum Gasteiger partial charge on any atom is -0.309 e. The number of fused-ring (bicyclic) bond motifs is 3. The highest BCUT2D eigenvalue weighted by atomic mass is 15.0. The zero-order valence-corrected chi connectivity index (χ0v) is 21.3. The van der Waals surface area contributed by atoms with Gasteiger partial charge in [-0.1, -0.05) is 104 Å². The molecular formula is C35H27N3. The van der Waals surface area contributed by atoms with Gasteiger partial charge in [0.15, 0.2) is 5.84 Å². The summed E-state index contributed by atoms with van der Waals surface area (Å²) in [5, 5.41) is 2.35. The Kier molecular flexibility index (Phi) is 6.25. The lowest BCUT2D eigenvalue weighted by molar-refractivity contribution is 1.18. The Labute approximate surface area is 222 Å². The molecule has 0 unspecified atom stereocenters. The second kappa shape index (κ2) is 10.2. The molecule has 1 aromatic heterocycles. The van der Waals surface area contributed by atoms with Crippen molar-refractivity contribution in [3.05, 3.63) is 157 Å². The third-order valence-corrected chi connectivity index (χ3v) is 6.76. The van der Waals surface area contributed by atoms with Gasteiger partial charge in [-0.2, -0.15) is 0 Å². The fourth-order valence-electron chi connectivity index (χ4n) is 4.85. The predicted octanol–water partition coefficient (Wildman–Crippen LogP) is 8.71. The molecule has 182 valence electrons. The molecule has 6 rings (SSSR count). The largest absolute Gasteiger partial charge is 0.309 e. The van der Waals surface area contributed by atoms with Gasteiger partial charge in [-0.25, -0.2) is 9.98 Å². The maximum absolute atomic E-state index is 5.03. The highest BCUT2D eigenvalue weighted by molar-refractivity contribution is 6.16. The van der Waals surface area contributed by atoms with Gasteiger partial charge >= 0.3 is 0 Å². The number of amidine groups is 1. The molecule has 0 aliphatic heterocycles. The summed E-state index contributed by atoms with van der Waals surface area (Å²) in [5.41, 5.74) is 8.00. The van der Waals surface area contributed by atoms with E-state index in [0.717, 1.165) is 39.0 Å². The maximum atomic E-state index is 5.03. The predicted molar refractivity (Wildman–Crippen MR) is 161 cm³/mol. The molecule has 38 heavy (non-hydrogen) atoms. The summed E-state index contributed by atoms with van der Waals surface area (Å²) >= 11 is 0. The van der Waals surface area contributed by atoms with E-state index in [2.05, 4.69) is 90.0 Å². The zero-order valence-electron chi connectivity index (χ0n) is 21.3. The molecule has 3 heteroatoms. The normalized spacial score (nSPS) is 12.2. The van der Waals surface area contributed by atoms with Crippen LogP contribution in [0.4, 0.5) is 0 Å². The van der Waals surface area contributed by atoms with Crippen LogP contribution in [-0.4, -0.2) is 16.1 Å². The number of aromatic nitrogens is 1. The first-order chi connectivity index (χ1) is 18.7. The van der Waals surface area contributed by atoms with E-state index in [9.17, 15) is 0 Å². The molecule has 0 aliphatic rings. The maximum Gasteiger partial charge on any atom is 0.160 e. The van der Waals surface area contributed by atoms with E-state index in [1.165, 1.54) is 10.9 Å². The molecule has 0 bridgehead atoms. The Morgan fingerprint density at radius 3 is 1.84 bits per heavy atom. The quantitative estimate of drug-likeness (QED) is 0.171. The van der Waals surface area contributed by atoms with Crippen LogP contribution in [0.2, 0.25) is 0 Å². The Morgan fingerprint density at radius 1 is 0.553 bits per heavy atom. The van der Waals surface area contributed by atoms with Crippen LogP contribution in [0.1, 0.15) is 23.6 Å². The van der Waals surface area contributed by atoms with Crippen LogP contribution in [0.5, 0.6) is 0 Å². The van der Waals surface area contributed by atoms with Crippen molar-refractivity contribution >= 4 is 39.1 Å². The highest BCUT2D eigenvalue weighted by Crippen LogP contribution is 2.33. The van der Waals surface area contributed by atoms with Crippen molar-refractivity contribution in [3.63, 3.8) is 0 Å². The van der Waals surface area contributed by atoms with Gasteiger partial charge in [0.1, 0.15) is 0 Å². The monoisotopic (exact) mass is 489 g/mol. The second-order valence-electron chi connectivity index (χ2n) is 9.23. The molecule has 3 nitrogen and oxygen atoms in total. The van der Waals surface area contributed by atoms with Crippen LogP contribution >= 0.6 is 0 Å². The summed E-state index contributed by atoms with van der Waals surface area (Å²) in [6.07, 6.45) is 0. The first-order valence-corrected chi connectivity index (χ1v) is 12.7. The molecule has 0 N–H and O–H groups in total. The molecule has 0 saturated carbocycles.